The summed E-state index contributed by atoms with van der Waals surface area (Å²) in [6.07, 6.45) is 4.56. The lowest BCUT2D eigenvalue weighted by atomic mass is 9.78. The van der Waals surface area contributed by atoms with Gasteiger partial charge in [0.1, 0.15) is 0 Å². The minimum Gasteiger partial charge on any atom is -0.382 e. The number of aryl methyl sites for hydroxylation is 1. The molecule has 0 bridgehead atoms. The Hall–Kier alpha value is -2.54. The van der Waals surface area contributed by atoms with E-state index in [-0.39, 0.29) is 29.1 Å². The van der Waals surface area contributed by atoms with Gasteiger partial charge in [0.05, 0.1) is 11.5 Å². The van der Waals surface area contributed by atoms with E-state index in [0.717, 1.165) is 43.0 Å². The third-order valence-electron chi connectivity index (χ3n) is 8.15. The smallest absolute Gasteiger partial charge is 0.382 e. The van der Waals surface area contributed by atoms with Crippen molar-refractivity contribution < 1.29 is 18.0 Å². The Morgan fingerprint density at radius 2 is 1.66 bits per heavy atom. The number of nitrogens with one attached hydrogen (secondary N) is 3. The minimum atomic E-state index is -4.45. The molecule has 2 aromatic carbocycles. The molecule has 3 fully saturated rings. The molecule has 2 saturated carbocycles. The van der Waals surface area contributed by atoms with Crippen LogP contribution in [0.1, 0.15) is 74.1 Å². The predicted octanol–water partition coefficient (Wildman–Crippen LogP) is 6.83. The Morgan fingerprint density at radius 1 is 0.943 bits per heavy atom. The second-order valence-electron chi connectivity index (χ2n) is 10.5. The highest BCUT2D eigenvalue weighted by atomic mass is 19.4. The minimum absolute atomic E-state index is 0.146. The van der Waals surface area contributed by atoms with Gasteiger partial charge < -0.3 is 16.0 Å². The van der Waals surface area contributed by atoms with Crippen molar-refractivity contribution in [3.8, 4) is 0 Å². The molecule has 0 spiro atoms. The summed E-state index contributed by atoms with van der Waals surface area (Å²) < 4.78 is 40.2. The number of fused-ring (bicyclic) bond motifs is 1. The summed E-state index contributed by atoms with van der Waals surface area (Å²) in [6.45, 7) is 1.43. The molecule has 4 unspecified atom stereocenters. The van der Waals surface area contributed by atoms with Gasteiger partial charge in [0.15, 0.2) is 0 Å². The first-order valence-electron chi connectivity index (χ1n) is 12.9. The zero-order chi connectivity index (χ0) is 24.6. The van der Waals surface area contributed by atoms with Crippen LogP contribution in [0.15, 0.2) is 42.5 Å². The number of benzene rings is 2. The average molecular weight is 486 g/mol. The Kier molecular flexibility index (Phi) is 6.80. The van der Waals surface area contributed by atoms with E-state index in [9.17, 15) is 18.0 Å². The van der Waals surface area contributed by atoms with Crippen molar-refractivity contribution in [2.45, 2.75) is 82.6 Å². The van der Waals surface area contributed by atoms with E-state index in [1.807, 2.05) is 0 Å². The fraction of sp³-hybridized carbons (Fsp3) is 0.536. The molecule has 0 aromatic heterocycles. The maximum atomic E-state index is 13.4. The number of rotatable bonds is 5. The fourth-order valence-electron chi connectivity index (χ4n) is 6.27. The van der Waals surface area contributed by atoms with Crippen LogP contribution in [0.4, 0.5) is 24.5 Å². The second kappa shape index (κ2) is 9.84. The van der Waals surface area contributed by atoms with Crippen LogP contribution in [0.3, 0.4) is 0 Å². The third-order valence-corrected chi connectivity index (χ3v) is 8.15. The molecule has 3 N–H and O–H groups in total. The van der Waals surface area contributed by atoms with Crippen LogP contribution < -0.4 is 16.0 Å². The van der Waals surface area contributed by atoms with Crippen LogP contribution in [0.5, 0.6) is 0 Å². The molecule has 5 rings (SSSR count). The lowest BCUT2D eigenvalue weighted by Gasteiger charge is -2.39. The first-order valence-corrected chi connectivity index (χ1v) is 12.9. The Balaban J connectivity index is 1.35. The Labute approximate surface area is 205 Å². The zero-order valence-electron chi connectivity index (χ0n) is 20.1. The van der Waals surface area contributed by atoms with Crippen molar-refractivity contribution in [1.82, 2.24) is 5.32 Å². The number of anilines is 2. The number of carbonyl (C=O) groups is 1. The van der Waals surface area contributed by atoms with Crippen molar-refractivity contribution in [3.63, 3.8) is 0 Å². The number of hydrogen-bond donors (Lipinski definition) is 3. The van der Waals surface area contributed by atoms with Crippen molar-refractivity contribution in [2.24, 2.45) is 11.8 Å². The molecule has 188 valence electrons. The summed E-state index contributed by atoms with van der Waals surface area (Å²) in [7, 11) is 0. The highest BCUT2D eigenvalue weighted by Gasteiger charge is 2.42. The van der Waals surface area contributed by atoms with Crippen LogP contribution >= 0.6 is 0 Å². The van der Waals surface area contributed by atoms with E-state index in [1.165, 1.54) is 38.7 Å². The first-order chi connectivity index (χ1) is 16.8. The molecule has 4 atom stereocenters. The molecular weight excluding hydrogens is 451 g/mol. The molecule has 1 saturated heterocycles. The topological polar surface area (TPSA) is 53.2 Å². The van der Waals surface area contributed by atoms with Crippen LogP contribution in [0.2, 0.25) is 0 Å². The Morgan fingerprint density at radius 3 is 2.37 bits per heavy atom. The molecule has 2 aliphatic carbocycles. The van der Waals surface area contributed by atoms with Gasteiger partial charge in [-0.15, -0.1) is 0 Å². The van der Waals surface area contributed by atoms with E-state index in [1.54, 1.807) is 6.07 Å². The van der Waals surface area contributed by atoms with Gasteiger partial charge in [0.25, 0.3) is 0 Å². The molecule has 0 radical (unpaired) electrons. The standard InChI is InChI=1S/C28H34F3N3O/c1-17-9-12-22(16-24(17)28(29,30)31)33-27(35)23-15-19-5-4-8-25(19)34-26(23)18-10-13-21(14-11-18)32-20-6-2-3-7-20/h9-14,16,19-20,23,25-26,32,34H,2-8,15H2,1H3,(H,33,35). The molecule has 35 heavy (non-hydrogen) atoms. The molecule has 3 aliphatic rings. The molecule has 2 aromatic rings. The van der Waals surface area contributed by atoms with E-state index in [2.05, 4.69) is 40.2 Å². The lowest BCUT2D eigenvalue weighted by molar-refractivity contribution is -0.138. The molecule has 4 nitrogen and oxygen atoms in total. The van der Waals surface area contributed by atoms with Crippen molar-refractivity contribution in [2.75, 3.05) is 10.6 Å². The van der Waals surface area contributed by atoms with Crippen molar-refractivity contribution in [3.05, 3.63) is 59.2 Å². The summed E-state index contributed by atoms with van der Waals surface area (Å²) in [5, 5.41) is 10.1. The number of alkyl halides is 3. The van der Waals surface area contributed by atoms with Crippen molar-refractivity contribution in [1.29, 1.82) is 0 Å². The van der Waals surface area contributed by atoms with Gasteiger partial charge in [-0.3, -0.25) is 4.79 Å². The highest BCUT2D eigenvalue weighted by molar-refractivity contribution is 5.93. The van der Waals surface area contributed by atoms with E-state index >= 15 is 0 Å². The molecule has 7 heteroatoms. The fourth-order valence-corrected chi connectivity index (χ4v) is 6.27. The van der Waals surface area contributed by atoms with Crippen LogP contribution in [-0.2, 0) is 11.0 Å². The van der Waals surface area contributed by atoms with Crippen molar-refractivity contribution >= 4 is 17.3 Å². The van der Waals surface area contributed by atoms with E-state index in [0.29, 0.717) is 18.0 Å². The SMILES string of the molecule is Cc1ccc(NC(=O)C2CC3CCCC3NC2c2ccc(NC3CCCC3)cc2)cc1C(F)(F)F. The van der Waals surface area contributed by atoms with Gasteiger partial charge in [0, 0.05) is 29.5 Å². The summed E-state index contributed by atoms with van der Waals surface area (Å²) in [6, 6.07) is 13.1. The predicted molar refractivity (Wildman–Crippen MR) is 132 cm³/mol. The lowest BCUT2D eigenvalue weighted by Crippen LogP contribution is -2.48. The first kappa shape index (κ1) is 24.2. The number of halogens is 3. The quantitative estimate of drug-likeness (QED) is 0.435. The third kappa shape index (κ3) is 5.35. The summed E-state index contributed by atoms with van der Waals surface area (Å²) in [4.78, 5) is 13.4. The van der Waals surface area contributed by atoms with Crippen LogP contribution in [0, 0.1) is 18.8 Å². The largest absolute Gasteiger partial charge is 0.416 e. The average Bonchev–Trinajstić information content (AvgIpc) is 3.51. The van der Waals surface area contributed by atoms with Gasteiger partial charge in [-0.2, -0.15) is 13.2 Å². The number of piperidine rings is 1. The summed E-state index contributed by atoms with van der Waals surface area (Å²) in [5.74, 6) is -0.148. The van der Waals surface area contributed by atoms with E-state index < -0.39 is 11.7 Å². The van der Waals surface area contributed by atoms with Crippen LogP contribution in [-0.4, -0.2) is 18.0 Å². The van der Waals surface area contributed by atoms with Gasteiger partial charge in [-0.25, -0.2) is 0 Å². The van der Waals surface area contributed by atoms with Gasteiger partial charge in [0.2, 0.25) is 5.91 Å². The molecule has 1 aliphatic heterocycles. The summed E-state index contributed by atoms with van der Waals surface area (Å²) in [5.41, 5.74) is 1.77. The van der Waals surface area contributed by atoms with Gasteiger partial charge >= 0.3 is 6.18 Å². The van der Waals surface area contributed by atoms with Gasteiger partial charge in [-0.05, 0) is 80.3 Å². The second-order valence-corrected chi connectivity index (χ2v) is 10.5. The molecule has 1 amide bonds. The van der Waals surface area contributed by atoms with Crippen LogP contribution in [0.25, 0.3) is 0 Å². The number of carbonyl (C=O) groups excluding carboxylic acids is 1. The van der Waals surface area contributed by atoms with E-state index in [4.69, 9.17) is 0 Å². The normalized spacial score (nSPS) is 27.0. The monoisotopic (exact) mass is 485 g/mol. The maximum absolute atomic E-state index is 13.4. The Bertz CT molecular complexity index is 1050. The number of amides is 1. The zero-order valence-corrected chi connectivity index (χ0v) is 20.1. The molecule has 1 heterocycles. The maximum Gasteiger partial charge on any atom is 0.416 e. The van der Waals surface area contributed by atoms with Gasteiger partial charge in [-0.1, -0.05) is 37.5 Å². The summed E-state index contributed by atoms with van der Waals surface area (Å²) >= 11 is 0. The highest BCUT2D eigenvalue weighted by Crippen LogP contribution is 2.42. The molecular formula is C28H34F3N3O. The number of hydrogen-bond acceptors (Lipinski definition) is 3.